The molecule has 2 atom stereocenters. The summed E-state index contributed by atoms with van der Waals surface area (Å²) in [6.45, 7) is 0. The maximum absolute atomic E-state index is 6.60. The molecule has 7 aromatic carbocycles. The largest absolute Gasteiger partial charge is 0.485 e. The smallest absolute Gasteiger partial charge is 0.164 e. The third kappa shape index (κ3) is 5.72. The number of allylic oxidation sites excluding steroid dienone is 2. The monoisotopic (exact) mass is 735 g/mol. The second-order valence-corrected chi connectivity index (χ2v) is 15.4. The molecule has 2 aromatic heterocycles. The molecule has 0 saturated carbocycles. The Morgan fingerprint density at radius 3 is 1.84 bits per heavy atom. The summed E-state index contributed by atoms with van der Waals surface area (Å²) in [6.07, 6.45) is 6.71. The lowest BCUT2D eigenvalue weighted by atomic mass is 9.84. The number of nitrogens with zero attached hydrogens (tertiary/aromatic N) is 3. The molecule has 5 heteroatoms. The summed E-state index contributed by atoms with van der Waals surface area (Å²) in [6, 6.07) is 59.5. The molecule has 0 spiro atoms. The lowest BCUT2D eigenvalue weighted by molar-refractivity contribution is 0.269. The molecule has 264 valence electrons. The summed E-state index contributed by atoms with van der Waals surface area (Å²) in [4.78, 5) is 15.4. The summed E-state index contributed by atoms with van der Waals surface area (Å²) < 4.78 is 9.08. The Labute approximate surface area is 328 Å². The van der Waals surface area contributed by atoms with Crippen molar-refractivity contribution in [1.29, 1.82) is 0 Å². The molecule has 3 heterocycles. The molecule has 1 aliphatic carbocycles. The Morgan fingerprint density at radius 2 is 1.04 bits per heavy atom. The van der Waals surface area contributed by atoms with Crippen molar-refractivity contribution in [2.75, 3.05) is 0 Å². The third-order valence-corrected chi connectivity index (χ3v) is 12.0. The van der Waals surface area contributed by atoms with E-state index in [-0.39, 0.29) is 12.0 Å². The molecule has 0 N–H and O–H groups in total. The number of hydrogen-bond donors (Lipinski definition) is 0. The highest BCUT2D eigenvalue weighted by atomic mass is 32.1. The molecular weight excluding hydrogens is 703 g/mol. The van der Waals surface area contributed by atoms with Gasteiger partial charge in [-0.25, -0.2) is 15.0 Å². The first kappa shape index (κ1) is 32.5. The Bertz CT molecular complexity index is 3000. The minimum absolute atomic E-state index is 0.0865. The predicted molar refractivity (Wildman–Crippen MR) is 231 cm³/mol. The van der Waals surface area contributed by atoms with E-state index in [2.05, 4.69) is 182 Å². The van der Waals surface area contributed by atoms with E-state index in [1.807, 2.05) is 6.07 Å². The topological polar surface area (TPSA) is 47.9 Å². The molecule has 0 amide bonds. The third-order valence-electron chi connectivity index (χ3n) is 10.9. The maximum atomic E-state index is 6.60. The van der Waals surface area contributed by atoms with Crippen molar-refractivity contribution < 1.29 is 4.74 Å². The SMILES string of the molecule is C1=CC2c3c(cccc3-c3ccccc3)OC2C=C1c1cccc(-c2nc(-c3ccc(-c4ccccc4)cc3)nc(-c3ccc4c(c3)sc3ccccc34)n2)c1. The fraction of sp³-hybridized carbons (Fsp3) is 0.0392. The van der Waals surface area contributed by atoms with E-state index in [1.54, 1.807) is 11.3 Å². The normalized spacial score (nSPS) is 15.7. The summed E-state index contributed by atoms with van der Waals surface area (Å²) in [5.74, 6) is 3.01. The van der Waals surface area contributed by atoms with Crippen LogP contribution < -0.4 is 4.74 Å². The summed E-state index contributed by atoms with van der Waals surface area (Å²) >= 11 is 1.80. The van der Waals surface area contributed by atoms with Gasteiger partial charge in [0.1, 0.15) is 11.9 Å². The van der Waals surface area contributed by atoms with Crippen LogP contribution in [0.2, 0.25) is 0 Å². The number of rotatable bonds is 6. The van der Waals surface area contributed by atoms with E-state index in [9.17, 15) is 0 Å². The minimum atomic E-state index is -0.0865. The molecule has 4 nitrogen and oxygen atoms in total. The molecule has 11 rings (SSSR count). The molecule has 2 unspecified atom stereocenters. The van der Waals surface area contributed by atoms with Gasteiger partial charge >= 0.3 is 0 Å². The average molecular weight is 736 g/mol. The van der Waals surface area contributed by atoms with Crippen molar-refractivity contribution in [3.63, 3.8) is 0 Å². The van der Waals surface area contributed by atoms with Crippen LogP contribution in [0.15, 0.2) is 188 Å². The fourth-order valence-corrected chi connectivity index (χ4v) is 9.27. The molecule has 2 aliphatic rings. The van der Waals surface area contributed by atoms with E-state index in [1.165, 1.54) is 42.4 Å². The first-order chi connectivity index (χ1) is 27.7. The van der Waals surface area contributed by atoms with E-state index < -0.39 is 0 Å². The standard InChI is InChI=1S/C51H33N3OS/c1-3-11-32(12-4-1)33-21-23-35(24-22-33)49-52-50(54-51(53-49)39-26-27-42-41-17-7-8-20-46(41)56-47(42)31-39)38-16-9-15-36(29-38)37-25-28-43-45(30-37)55-44-19-10-18-40(48(43)44)34-13-5-2-6-14-34/h1-31,43,45H. The lowest BCUT2D eigenvalue weighted by Gasteiger charge is -2.20. The van der Waals surface area contributed by atoms with Crippen molar-refractivity contribution in [3.05, 3.63) is 199 Å². The van der Waals surface area contributed by atoms with Crippen molar-refractivity contribution in [3.8, 4) is 62.2 Å². The van der Waals surface area contributed by atoms with Gasteiger partial charge in [0.05, 0.1) is 0 Å². The summed E-state index contributed by atoms with van der Waals surface area (Å²) in [7, 11) is 0. The van der Waals surface area contributed by atoms with Gasteiger partial charge in [-0.15, -0.1) is 11.3 Å². The number of benzene rings is 7. The van der Waals surface area contributed by atoms with Crippen molar-refractivity contribution >= 4 is 37.1 Å². The van der Waals surface area contributed by atoms with Gasteiger partial charge < -0.3 is 4.74 Å². The van der Waals surface area contributed by atoms with Gasteiger partial charge in [-0.1, -0.05) is 158 Å². The molecule has 0 fully saturated rings. The maximum Gasteiger partial charge on any atom is 0.164 e. The van der Waals surface area contributed by atoms with Gasteiger partial charge in [0, 0.05) is 48.3 Å². The van der Waals surface area contributed by atoms with Gasteiger partial charge in [0.25, 0.3) is 0 Å². The first-order valence-corrected chi connectivity index (χ1v) is 19.7. The zero-order chi connectivity index (χ0) is 37.0. The first-order valence-electron chi connectivity index (χ1n) is 18.9. The molecule has 0 bridgehead atoms. The van der Waals surface area contributed by atoms with Crippen LogP contribution in [0, 0.1) is 0 Å². The number of fused-ring (bicyclic) bond motifs is 6. The minimum Gasteiger partial charge on any atom is -0.485 e. The van der Waals surface area contributed by atoms with E-state index >= 15 is 0 Å². The molecule has 56 heavy (non-hydrogen) atoms. The fourth-order valence-electron chi connectivity index (χ4n) is 8.13. The van der Waals surface area contributed by atoms with Gasteiger partial charge in [0.2, 0.25) is 0 Å². The second kappa shape index (κ2) is 13.4. The molecule has 0 saturated heterocycles. The number of hydrogen-bond acceptors (Lipinski definition) is 5. The summed E-state index contributed by atoms with van der Waals surface area (Å²) in [5, 5.41) is 2.52. The van der Waals surface area contributed by atoms with Crippen LogP contribution in [0.3, 0.4) is 0 Å². The van der Waals surface area contributed by atoms with E-state index in [0.29, 0.717) is 17.5 Å². The zero-order valence-corrected chi connectivity index (χ0v) is 31.0. The Kier molecular flexibility index (Phi) is 7.78. The number of thiophene rings is 1. The molecule has 9 aromatic rings. The summed E-state index contributed by atoms with van der Waals surface area (Å²) in [5.41, 5.74) is 11.0. The number of ether oxygens (including phenoxy) is 1. The Hall–Kier alpha value is -6.95. The van der Waals surface area contributed by atoms with Crippen molar-refractivity contribution in [2.45, 2.75) is 12.0 Å². The van der Waals surface area contributed by atoms with E-state index in [0.717, 1.165) is 39.1 Å². The van der Waals surface area contributed by atoms with Crippen LogP contribution in [-0.4, -0.2) is 21.1 Å². The van der Waals surface area contributed by atoms with Gasteiger partial charge in [-0.3, -0.25) is 0 Å². The highest BCUT2D eigenvalue weighted by Gasteiger charge is 2.35. The highest BCUT2D eigenvalue weighted by molar-refractivity contribution is 7.25. The molecule has 1 aliphatic heterocycles. The second-order valence-electron chi connectivity index (χ2n) is 14.3. The van der Waals surface area contributed by atoms with Gasteiger partial charge in [-0.2, -0.15) is 0 Å². The average Bonchev–Trinajstić information content (AvgIpc) is 3.85. The van der Waals surface area contributed by atoms with Crippen LogP contribution >= 0.6 is 11.3 Å². The van der Waals surface area contributed by atoms with Crippen LogP contribution in [0.25, 0.3) is 82.2 Å². The molecule has 0 radical (unpaired) electrons. The zero-order valence-electron chi connectivity index (χ0n) is 30.2. The quantitative estimate of drug-likeness (QED) is 0.171. The van der Waals surface area contributed by atoms with Crippen LogP contribution in [0.4, 0.5) is 0 Å². The van der Waals surface area contributed by atoms with Gasteiger partial charge in [0.15, 0.2) is 17.5 Å². The predicted octanol–water partition coefficient (Wildman–Crippen LogP) is 13.1. The van der Waals surface area contributed by atoms with Crippen molar-refractivity contribution in [2.24, 2.45) is 0 Å². The van der Waals surface area contributed by atoms with E-state index in [4.69, 9.17) is 19.7 Å². The molecular formula is C51H33N3OS. The Balaban J connectivity index is 0.975. The van der Waals surface area contributed by atoms with Crippen LogP contribution in [-0.2, 0) is 0 Å². The number of aromatic nitrogens is 3. The van der Waals surface area contributed by atoms with Crippen LogP contribution in [0.5, 0.6) is 5.75 Å². The van der Waals surface area contributed by atoms with Gasteiger partial charge in [-0.05, 0) is 63.7 Å². The van der Waals surface area contributed by atoms with Crippen molar-refractivity contribution in [1.82, 2.24) is 15.0 Å². The lowest BCUT2D eigenvalue weighted by Crippen LogP contribution is -2.17. The Morgan fingerprint density at radius 1 is 0.446 bits per heavy atom. The highest BCUT2D eigenvalue weighted by Crippen LogP contribution is 2.48. The van der Waals surface area contributed by atoms with Crippen LogP contribution in [0.1, 0.15) is 17.0 Å².